The predicted molar refractivity (Wildman–Crippen MR) is 58.6 cm³/mol. The van der Waals surface area contributed by atoms with Crippen molar-refractivity contribution in [3.63, 3.8) is 0 Å². The molecule has 0 heterocycles. The van der Waals surface area contributed by atoms with Crippen LogP contribution in [-0.2, 0) is 20.3 Å². The van der Waals surface area contributed by atoms with E-state index in [2.05, 4.69) is 6.58 Å². The second kappa shape index (κ2) is 5.46. The molecule has 1 atom stereocenters. The molecule has 0 aliphatic rings. The third-order valence-electron chi connectivity index (χ3n) is 1.68. The molecule has 0 aromatic heterocycles. The zero-order valence-corrected chi connectivity index (χ0v) is 9.25. The van der Waals surface area contributed by atoms with Crippen molar-refractivity contribution in [2.75, 3.05) is 6.61 Å². The van der Waals surface area contributed by atoms with Gasteiger partial charge in [0, 0.05) is 4.90 Å². The van der Waals surface area contributed by atoms with Crippen LogP contribution in [0.25, 0.3) is 0 Å². The smallest absolute Gasteiger partial charge is 0.346 e. The van der Waals surface area contributed by atoms with Crippen LogP contribution in [-0.4, -0.2) is 16.8 Å². The predicted octanol–water partition coefficient (Wildman–Crippen LogP) is 1.87. The van der Waals surface area contributed by atoms with Gasteiger partial charge < -0.3 is 4.74 Å². The first-order valence-corrected chi connectivity index (χ1v) is 5.64. The molecule has 0 aliphatic carbocycles. The number of hydrogen-bond acceptors (Lipinski definition) is 3. The summed E-state index contributed by atoms with van der Waals surface area (Å²) in [5, 5.41) is 0. The van der Waals surface area contributed by atoms with Crippen LogP contribution in [0.3, 0.4) is 0 Å². The Morgan fingerprint density at radius 3 is 2.53 bits per heavy atom. The van der Waals surface area contributed by atoms with E-state index < -0.39 is 16.8 Å². The molecule has 1 rings (SSSR count). The third-order valence-corrected chi connectivity index (χ3v) is 3.00. The molecule has 0 radical (unpaired) electrons. The second-order valence-corrected chi connectivity index (χ2v) is 4.23. The van der Waals surface area contributed by atoms with Gasteiger partial charge in [0.05, 0.1) is 17.4 Å². The van der Waals surface area contributed by atoms with Gasteiger partial charge in [0.25, 0.3) is 0 Å². The van der Waals surface area contributed by atoms with E-state index in [1.54, 1.807) is 31.2 Å². The maximum Gasteiger partial charge on any atom is 0.346 e. The summed E-state index contributed by atoms with van der Waals surface area (Å²) in [4.78, 5) is 11.8. The topological polar surface area (TPSA) is 43.4 Å². The highest BCUT2D eigenvalue weighted by Crippen LogP contribution is 2.13. The molecule has 0 saturated carbocycles. The second-order valence-electron chi connectivity index (χ2n) is 2.73. The maximum absolute atomic E-state index is 11.8. The minimum Gasteiger partial charge on any atom is -0.462 e. The summed E-state index contributed by atoms with van der Waals surface area (Å²) >= 11 is 0. The lowest BCUT2D eigenvalue weighted by Crippen LogP contribution is -2.11. The Morgan fingerprint density at radius 1 is 1.40 bits per heavy atom. The van der Waals surface area contributed by atoms with Crippen LogP contribution in [0.5, 0.6) is 0 Å². The van der Waals surface area contributed by atoms with Crippen LogP contribution in [0.1, 0.15) is 6.92 Å². The highest BCUT2D eigenvalue weighted by molar-refractivity contribution is 7.90. The summed E-state index contributed by atoms with van der Waals surface area (Å²) in [5.74, 6) is -0.611. The first-order valence-electron chi connectivity index (χ1n) is 4.49. The Morgan fingerprint density at radius 2 is 2.00 bits per heavy atom. The van der Waals surface area contributed by atoms with Gasteiger partial charge in [-0.05, 0) is 19.1 Å². The summed E-state index contributed by atoms with van der Waals surface area (Å²) in [6, 6.07) is 8.69. The molecule has 1 aromatic carbocycles. The van der Waals surface area contributed by atoms with Gasteiger partial charge in [-0.3, -0.25) is 0 Å². The number of rotatable bonds is 4. The van der Waals surface area contributed by atoms with Crippen LogP contribution in [0, 0.1) is 0 Å². The van der Waals surface area contributed by atoms with Crippen molar-refractivity contribution in [3.8, 4) is 0 Å². The Balaban J connectivity index is 2.78. The standard InChI is InChI=1S/C11H12O3S/c1-3-14-11(12)9(2)15(13)10-7-5-4-6-8-10/h4-8H,2-3H2,1H3. The van der Waals surface area contributed by atoms with E-state index in [9.17, 15) is 9.00 Å². The van der Waals surface area contributed by atoms with Gasteiger partial charge in [0.2, 0.25) is 0 Å². The summed E-state index contributed by atoms with van der Waals surface area (Å²) in [6.45, 7) is 5.42. The molecule has 0 N–H and O–H groups in total. The minimum atomic E-state index is -1.53. The van der Waals surface area contributed by atoms with E-state index in [4.69, 9.17) is 4.74 Å². The molecule has 0 fully saturated rings. The number of carbonyl (C=O) groups is 1. The van der Waals surface area contributed by atoms with Crippen molar-refractivity contribution in [3.05, 3.63) is 41.8 Å². The molecule has 0 bridgehead atoms. The van der Waals surface area contributed by atoms with E-state index >= 15 is 0 Å². The van der Waals surface area contributed by atoms with Gasteiger partial charge in [-0.25, -0.2) is 9.00 Å². The largest absolute Gasteiger partial charge is 0.462 e. The molecule has 15 heavy (non-hydrogen) atoms. The Kier molecular flexibility index (Phi) is 4.24. The third kappa shape index (κ3) is 3.02. The number of carbonyl (C=O) groups excluding carboxylic acids is 1. The van der Waals surface area contributed by atoms with Crippen LogP contribution >= 0.6 is 0 Å². The molecule has 0 spiro atoms. The molecule has 80 valence electrons. The van der Waals surface area contributed by atoms with Crippen LogP contribution < -0.4 is 0 Å². The van der Waals surface area contributed by atoms with Crippen molar-refractivity contribution in [2.45, 2.75) is 11.8 Å². The zero-order chi connectivity index (χ0) is 11.3. The highest BCUT2D eigenvalue weighted by Gasteiger charge is 2.16. The van der Waals surface area contributed by atoms with Gasteiger partial charge in [-0.15, -0.1) is 0 Å². The van der Waals surface area contributed by atoms with Crippen molar-refractivity contribution < 1.29 is 13.7 Å². The quantitative estimate of drug-likeness (QED) is 0.579. The van der Waals surface area contributed by atoms with Crippen molar-refractivity contribution in [1.29, 1.82) is 0 Å². The van der Waals surface area contributed by atoms with Gasteiger partial charge >= 0.3 is 5.97 Å². The fourth-order valence-corrected chi connectivity index (χ4v) is 1.87. The summed E-state index contributed by atoms with van der Waals surface area (Å²) in [7, 11) is -1.53. The van der Waals surface area contributed by atoms with Crippen molar-refractivity contribution >= 4 is 16.8 Å². The Bertz CT molecular complexity index is 384. The maximum atomic E-state index is 11.8. The average Bonchev–Trinajstić information content (AvgIpc) is 2.28. The molecule has 3 nitrogen and oxygen atoms in total. The Hall–Kier alpha value is -1.42. The monoisotopic (exact) mass is 224 g/mol. The fraction of sp³-hybridized carbons (Fsp3) is 0.182. The van der Waals surface area contributed by atoms with Gasteiger partial charge in [-0.2, -0.15) is 0 Å². The van der Waals surface area contributed by atoms with E-state index in [1.165, 1.54) is 0 Å². The SMILES string of the molecule is C=C(C(=O)OCC)S(=O)c1ccccc1. The molecular formula is C11H12O3S. The normalized spacial score (nSPS) is 11.8. The number of ether oxygens (including phenoxy) is 1. The summed E-state index contributed by atoms with van der Waals surface area (Å²) in [5.41, 5.74) is 0. The molecule has 1 unspecified atom stereocenters. The van der Waals surface area contributed by atoms with Crippen LogP contribution in [0.15, 0.2) is 46.7 Å². The minimum absolute atomic E-state index is 0.0250. The van der Waals surface area contributed by atoms with Gasteiger partial charge in [0.1, 0.15) is 4.91 Å². The van der Waals surface area contributed by atoms with E-state index in [-0.39, 0.29) is 11.5 Å². The number of esters is 1. The number of benzene rings is 1. The van der Waals surface area contributed by atoms with E-state index in [0.29, 0.717) is 4.90 Å². The molecule has 0 amide bonds. The molecular weight excluding hydrogens is 212 g/mol. The van der Waals surface area contributed by atoms with Crippen LogP contribution in [0.2, 0.25) is 0 Å². The Labute approximate surface area is 91.2 Å². The lowest BCUT2D eigenvalue weighted by Gasteiger charge is -2.04. The lowest BCUT2D eigenvalue weighted by atomic mass is 10.4. The summed E-state index contributed by atoms with van der Waals surface area (Å²) in [6.07, 6.45) is 0. The highest BCUT2D eigenvalue weighted by atomic mass is 32.2. The summed E-state index contributed by atoms with van der Waals surface area (Å²) < 4.78 is 16.5. The zero-order valence-electron chi connectivity index (χ0n) is 8.43. The first kappa shape index (κ1) is 11.7. The van der Waals surface area contributed by atoms with E-state index in [1.807, 2.05) is 6.07 Å². The van der Waals surface area contributed by atoms with E-state index in [0.717, 1.165) is 0 Å². The first-order chi connectivity index (χ1) is 7.16. The molecule has 0 aliphatic heterocycles. The lowest BCUT2D eigenvalue weighted by molar-refractivity contribution is -0.137. The molecule has 4 heteroatoms. The van der Waals surface area contributed by atoms with Crippen molar-refractivity contribution in [1.82, 2.24) is 0 Å². The van der Waals surface area contributed by atoms with Crippen molar-refractivity contribution in [2.24, 2.45) is 0 Å². The molecule has 1 aromatic rings. The number of hydrogen-bond donors (Lipinski definition) is 0. The molecule has 0 saturated heterocycles. The fourth-order valence-electron chi connectivity index (χ4n) is 0.974. The van der Waals surface area contributed by atoms with Crippen LogP contribution in [0.4, 0.5) is 0 Å². The van der Waals surface area contributed by atoms with Gasteiger partial charge in [0.15, 0.2) is 0 Å². The van der Waals surface area contributed by atoms with Gasteiger partial charge in [-0.1, -0.05) is 24.8 Å². The average molecular weight is 224 g/mol.